The monoisotopic (exact) mass is 264 g/mol. The van der Waals surface area contributed by atoms with Gasteiger partial charge in [0.15, 0.2) is 0 Å². The predicted octanol–water partition coefficient (Wildman–Crippen LogP) is 1.88. The highest BCUT2D eigenvalue weighted by Crippen LogP contribution is 2.12. The molecule has 2 heterocycles. The Labute approximate surface area is 115 Å². The molecule has 0 amide bonds. The number of rotatable bonds is 6. The molecule has 0 radical (unpaired) electrons. The van der Waals surface area contributed by atoms with Gasteiger partial charge in [-0.2, -0.15) is 0 Å². The van der Waals surface area contributed by atoms with Crippen LogP contribution in [-0.4, -0.2) is 49.4 Å². The van der Waals surface area contributed by atoms with Crippen LogP contribution in [0.15, 0.2) is 18.3 Å². The third kappa shape index (κ3) is 4.56. The quantitative estimate of drug-likeness (QED) is 0.786. The molecule has 0 N–H and O–H groups in total. The second-order valence-electron chi connectivity index (χ2n) is 5.02. The molecular formula is C15H24N2O2. The summed E-state index contributed by atoms with van der Waals surface area (Å²) in [4.78, 5) is 6.94. The molecule has 106 valence electrons. The van der Waals surface area contributed by atoms with Gasteiger partial charge in [0.2, 0.25) is 0 Å². The van der Waals surface area contributed by atoms with Crippen LogP contribution < -0.4 is 0 Å². The highest BCUT2D eigenvalue weighted by molar-refractivity contribution is 5.13. The molecule has 1 aromatic heterocycles. The maximum absolute atomic E-state index is 5.74. The summed E-state index contributed by atoms with van der Waals surface area (Å²) in [6, 6.07) is 4.31. The standard InChI is InChI=1S/C15H24N2O2/c1-3-13-4-5-14(16-10-13)11-17-7-9-19-15(12-17)6-8-18-2/h4-5,10,15H,3,6-9,11-12H2,1-2H3. The fraction of sp³-hybridized carbons (Fsp3) is 0.667. The maximum Gasteiger partial charge on any atom is 0.0724 e. The van der Waals surface area contributed by atoms with E-state index >= 15 is 0 Å². The summed E-state index contributed by atoms with van der Waals surface area (Å²) in [5.74, 6) is 0. The van der Waals surface area contributed by atoms with Gasteiger partial charge < -0.3 is 9.47 Å². The lowest BCUT2D eigenvalue weighted by Crippen LogP contribution is -2.42. The zero-order valence-corrected chi connectivity index (χ0v) is 12.0. The SMILES string of the molecule is CCc1ccc(CN2CCOC(CCOC)C2)nc1. The predicted molar refractivity (Wildman–Crippen MR) is 75.1 cm³/mol. The third-order valence-corrected chi connectivity index (χ3v) is 3.55. The minimum absolute atomic E-state index is 0.295. The normalized spacial score (nSPS) is 20.6. The van der Waals surface area contributed by atoms with E-state index in [0.717, 1.165) is 51.4 Å². The molecule has 4 heteroatoms. The van der Waals surface area contributed by atoms with Crippen LogP contribution in [0.25, 0.3) is 0 Å². The summed E-state index contributed by atoms with van der Waals surface area (Å²) in [7, 11) is 1.74. The van der Waals surface area contributed by atoms with Crippen LogP contribution in [0.2, 0.25) is 0 Å². The molecule has 1 saturated heterocycles. The van der Waals surface area contributed by atoms with Crippen molar-refractivity contribution in [2.75, 3.05) is 33.4 Å². The molecule has 1 unspecified atom stereocenters. The maximum atomic E-state index is 5.74. The van der Waals surface area contributed by atoms with Crippen molar-refractivity contribution in [2.24, 2.45) is 0 Å². The van der Waals surface area contributed by atoms with Crippen LogP contribution in [0.1, 0.15) is 24.6 Å². The van der Waals surface area contributed by atoms with Crippen LogP contribution >= 0.6 is 0 Å². The molecule has 1 aliphatic rings. The van der Waals surface area contributed by atoms with Gasteiger partial charge in [0.05, 0.1) is 18.4 Å². The van der Waals surface area contributed by atoms with Crippen LogP contribution in [0.4, 0.5) is 0 Å². The van der Waals surface area contributed by atoms with Crippen molar-refractivity contribution in [3.8, 4) is 0 Å². The number of ether oxygens (including phenoxy) is 2. The lowest BCUT2D eigenvalue weighted by atomic mass is 10.2. The van der Waals surface area contributed by atoms with E-state index in [2.05, 4.69) is 28.9 Å². The lowest BCUT2D eigenvalue weighted by Gasteiger charge is -2.32. The lowest BCUT2D eigenvalue weighted by molar-refractivity contribution is -0.0435. The molecule has 1 fully saturated rings. The highest BCUT2D eigenvalue weighted by Gasteiger charge is 2.20. The summed E-state index contributed by atoms with van der Waals surface area (Å²) in [6.45, 7) is 6.60. The van der Waals surface area contributed by atoms with Crippen molar-refractivity contribution in [1.82, 2.24) is 9.88 Å². The number of nitrogens with zero attached hydrogens (tertiary/aromatic N) is 2. The topological polar surface area (TPSA) is 34.6 Å². The van der Waals surface area contributed by atoms with Crippen molar-refractivity contribution in [3.63, 3.8) is 0 Å². The van der Waals surface area contributed by atoms with Gasteiger partial charge in [-0.15, -0.1) is 0 Å². The molecule has 19 heavy (non-hydrogen) atoms. The van der Waals surface area contributed by atoms with Gasteiger partial charge in [0, 0.05) is 39.5 Å². The Balaban J connectivity index is 1.83. The van der Waals surface area contributed by atoms with Crippen molar-refractivity contribution in [1.29, 1.82) is 0 Å². The summed E-state index contributed by atoms with van der Waals surface area (Å²) in [5.41, 5.74) is 2.44. The number of aromatic nitrogens is 1. The van der Waals surface area contributed by atoms with E-state index in [4.69, 9.17) is 9.47 Å². The fourth-order valence-electron chi connectivity index (χ4n) is 2.33. The number of aryl methyl sites for hydroxylation is 1. The number of hydrogen-bond acceptors (Lipinski definition) is 4. The molecule has 1 aromatic rings. The fourth-order valence-corrected chi connectivity index (χ4v) is 2.33. The van der Waals surface area contributed by atoms with Gasteiger partial charge in [-0.1, -0.05) is 13.0 Å². The molecule has 0 saturated carbocycles. The highest BCUT2D eigenvalue weighted by atomic mass is 16.5. The van der Waals surface area contributed by atoms with Gasteiger partial charge >= 0.3 is 0 Å². The zero-order chi connectivity index (χ0) is 13.5. The summed E-state index contributed by atoms with van der Waals surface area (Å²) in [6.07, 6.45) is 4.29. The van der Waals surface area contributed by atoms with Crippen molar-refractivity contribution < 1.29 is 9.47 Å². The second-order valence-corrected chi connectivity index (χ2v) is 5.02. The molecule has 0 aliphatic carbocycles. The molecule has 1 atom stereocenters. The molecule has 0 spiro atoms. The zero-order valence-electron chi connectivity index (χ0n) is 12.0. The Morgan fingerprint density at radius 2 is 2.37 bits per heavy atom. The second kappa shape index (κ2) is 7.58. The van der Waals surface area contributed by atoms with E-state index in [1.807, 2.05) is 6.20 Å². The van der Waals surface area contributed by atoms with Gasteiger partial charge in [0.1, 0.15) is 0 Å². The van der Waals surface area contributed by atoms with Gasteiger partial charge in [-0.05, 0) is 24.5 Å². The van der Waals surface area contributed by atoms with Gasteiger partial charge in [0.25, 0.3) is 0 Å². The Hall–Kier alpha value is -0.970. The first-order valence-corrected chi connectivity index (χ1v) is 7.08. The van der Waals surface area contributed by atoms with E-state index in [1.54, 1.807) is 7.11 Å². The van der Waals surface area contributed by atoms with E-state index in [0.29, 0.717) is 6.10 Å². The number of methoxy groups -OCH3 is 1. The average molecular weight is 264 g/mol. The molecule has 0 aromatic carbocycles. The Bertz CT molecular complexity index is 367. The van der Waals surface area contributed by atoms with E-state index in [1.165, 1.54) is 5.56 Å². The largest absolute Gasteiger partial charge is 0.385 e. The molecule has 4 nitrogen and oxygen atoms in total. The molecular weight excluding hydrogens is 240 g/mol. The summed E-state index contributed by atoms with van der Waals surface area (Å²) in [5, 5.41) is 0. The first-order chi connectivity index (χ1) is 9.31. The first kappa shape index (κ1) is 14.4. The third-order valence-electron chi connectivity index (χ3n) is 3.55. The number of pyridine rings is 1. The van der Waals surface area contributed by atoms with Crippen molar-refractivity contribution >= 4 is 0 Å². The van der Waals surface area contributed by atoms with E-state index in [-0.39, 0.29) is 0 Å². The minimum atomic E-state index is 0.295. The smallest absolute Gasteiger partial charge is 0.0724 e. The van der Waals surface area contributed by atoms with Gasteiger partial charge in [-0.3, -0.25) is 9.88 Å². The number of morpholine rings is 1. The van der Waals surface area contributed by atoms with E-state index in [9.17, 15) is 0 Å². The Morgan fingerprint density at radius 1 is 1.47 bits per heavy atom. The van der Waals surface area contributed by atoms with Crippen molar-refractivity contribution in [2.45, 2.75) is 32.4 Å². The molecule has 1 aliphatic heterocycles. The first-order valence-electron chi connectivity index (χ1n) is 7.08. The van der Waals surface area contributed by atoms with Crippen LogP contribution in [-0.2, 0) is 22.4 Å². The number of hydrogen-bond donors (Lipinski definition) is 0. The van der Waals surface area contributed by atoms with Crippen LogP contribution in [0, 0.1) is 0 Å². The average Bonchev–Trinajstić information content (AvgIpc) is 2.46. The summed E-state index contributed by atoms with van der Waals surface area (Å²) < 4.78 is 10.9. The Kier molecular flexibility index (Phi) is 5.76. The van der Waals surface area contributed by atoms with Gasteiger partial charge in [-0.25, -0.2) is 0 Å². The van der Waals surface area contributed by atoms with Crippen LogP contribution in [0.3, 0.4) is 0 Å². The van der Waals surface area contributed by atoms with Crippen molar-refractivity contribution in [3.05, 3.63) is 29.6 Å². The van der Waals surface area contributed by atoms with Crippen LogP contribution in [0.5, 0.6) is 0 Å². The van der Waals surface area contributed by atoms with E-state index < -0.39 is 0 Å². The summed E-state index contributed by atoms with van der Waals surface area (Å²) >= 11 is 0. The molecule has 0 bridgehead atoms. The Morgan fingerprint density at radius 3 is 3.05 bits per heavy atom. The molecule has 2 rings (SSSR count). The minimum Gasteiger partial charge on any atom is -0.385 e.